The van der Waals surface area contributed by atoms with Crippen molar-refractivity contribution in [3.63, 3.8) is 0 Å². The van der Waals surface area contributed by atoms with Crippen LogP contribution in [0.3, 0.4) is 0 Å². The van der Waals surface area contributed by atoms with Gasteiger partial charge in [-0.1, -0.05) is 164 Å². The van der Waals surface area contributed by atoms with Crippen LogP contribution in [0.2, 0.25) is 0 Å². The van der Waals surface area contributed by atoms with Crippen molar-refractivity contribution in [3.8, 4) is 44.5 Å². The molecule has 1 aromatic heterocycles. The smallest absolute Gasteiger partial charge is 0.0546 e. The van der Waals surface area contributed by atoms with E-state index in [9.17, 15) is 0 Å². The molecule has 0 amide bonds. The standard InChI is InChI=1S/C52H35NS/c1-3-15-38(16-4-1)44-20-9-10-22-47(44)52-45(39-17-5-2-6-18-39)23-13-24-49(52)53(43-32-28-36-14-7-8-19-40(36)34-43)42-30-26-37(27-31-42)41-29-33-51-48(35-41)46-21-11-12-25-50(46)54-51/h1-35H. The van der Waals surface area contributed by atoms with Crippen LogP contribution in [0.4, 0.5) is 17.1 Å². The Hall–Kier alpha value is -6.74. The maximum absolute atomic E-state index is 2.44. The van der Waals surface area contributed by atoms with Crippen molar-refractivity contribution in [1.82, 2.24) is 0 Å². The Balaban J connectivity index is 1.19. The highest BCUT2D eigenvalue weighted by atomic mass is 32.1. The van der Waals surface area contributed by atoms with E-state index in [2.05, 4.69) is 217 Å². The van der Waals surface area contributed by atoms with E-state index in [-0.39, 0.29) is 0 Å². The molecule has 0 N–H and O–H groups in total. The molecule has 0 atom stereocenters. The van der Waals surface area contributed by atoms with Gasteiger partial charge in [-0.2, -0.15) is 0 Å². The first-order chi connectivity index (χ1) is 26.8. The summed E-state index contributed by atoms with van der Waals surface area (Å²) in [5.74, 6) is 0. The molecule has 0 aliphatic heterocycles. The molecule has 0 fully saturated rings. The van der Waals surface area contributed by atoms with Crippen LogP contribution in [0.5, 0.6) is 0 Å². The third kappa shape index (κ3) is 5.74. The fourth-order valence-corrected chi connectivity index (χ4v) is 8.98. The van der Waals surface area contributed by atoms with Gasteiger partial charge in [0, 0.05) is 37.1 Å². The van der Waals surface area contributed by atoms with Gasteiger partial charge in [0.2, 0.25) is 0 Å². The van der Waals surface area contributed by atoms with Gasteiger partial charge in [-0.15, -0.1) is 11.3 Å². The molecule has 0 bridgehead atoms. The average Bonchev–Trinajstić information content (AvgIpc) is 3.63. The first kappa shape index (κ1) is 32.0. The lowest BCUT2D eigenvalue weighted by Crippen LogP contribution is -2.12. The third-order valence-electron chi connectivity index (χ3n) is 10.5. The molecule has 1 nitrogen and oxygen atoms in total. The van der Waals surface area contributed by atoms with E-state index in [1.807, 2.05) is 11.3 Å². The van der Waals surface area contributed by atoms with Crippen molar-refractivity contribution in [2.24, 2.45) is 0 Å². The first-order valence-corrected chi connectivity index (χ1v) is 19.2. The molecule has 0 saturated carbocycles. The molecule has 10 rings (SSSR count). The Bertz CT molecular complexity index is 2920. The fraction of sp³-hybridized carbons (Fsp3) is 0. The second kappa shape index (κ2) is 13.7. The molecule has 2 heteroatoms. The number of benzene rings is 9. The Morgan fingerprint density at radius 2 is 0.907 bits per heavy atom. The summed E-state index contributed by atoms with van der Waals surface area (Å²) in [4.78, 5) is 2.44. The summed E-state index contributed by atoms with van der Waals surface area (Å²) in [5.41, 5.74) is 12.9. The van der Waals surface area contributed by atoms with Crippen molar-refractivity contribution in [1.29, 1.82) is 0 Å². The van der Waals surface area contributed by atoms with Crippen molar-refractivity contribution in [2.45, 2.75) is 0 Å². The van der Waals surface area contributed by atoms with E-state index in [0.29, 0.717) is 0 Å². The molecule has 0 radical (unpaired) electrons. The van der Waals surface area contributed by atoms with Crippen LogP contribution in [0.15, 0.2) is 212 Å². The monoisotopic (exact) mass is 705 g/mol. The van der Waals surface area contributed by atoms with E-state index in [4.69, 9.17) is 0 Å². The molecule has 10 aromatic rings. The highest BCUT2D eigenvalue weighted by molar-refractivity contribution is 7.25. The zero-order valence-corrected chi connectivity index (χ0v) is 30.4. The van der Waals surface area contributed by atoms with Gasteiger partial charge >= 0.3 is 0 Å². The van der Waals surface area contributed by atoms with E-state index in [1.54, 1.807) is 0 Å². The summed E-state index contributed by atoms with van der Waals surface area (Å²) in [6, 6.07) is 77.3. The van der Waals surface area contributed by atoms with Crippen molar-refractivity contribution in [3.05, 3.63) is 212 Å². The number of thiophene rings is 1. The largest absolute Gasteiger partial charge is 0.310 e. The SMILES string of the molecule is c1ccc(-c2ccccc2-c2c(-c3ccccc3)cccc2N(c2ccc(-c3ccc4sc5ccccc5c4c3)cc2)c2ccc3ccccc3c2)cc1. The second-order valence-electron chi connectivity index (χ2n) is 13.7. The molecular formula is C52H35NS. The molecule has 0 aliphatic rings. The molecule has 0 unspecified atom stereocenters. The molecule has 254 valence electrons. The Kier molecular flexibility index (Phi) is 8.09. The second-order valence-corrected chi connectivity index (χ2v) is 14.8. The van der Waals surface area contributed by atoms with E-state index >= 15 is 0 Å². The minimum atomic E-state index is 1.10. The van der Waals surface area contributed by atoms with Gasteiger partial charge in [0.05, 0.1) is 5.69 Å². The maximum Gasteiger partial charge on any atom is 0.0546 e. The minimum absolute atomic E-state index is 1.10. The molecule has 9 aromatic carbocycles. The molecule has 0 spiro atoms. The zero-order valence-electron chi connectivity index (χ0n) is 29.6. The van der Waals surface area contributed by atoms with Crippen LogP contribution in [0.25, 0.3) is 75.5 Å². The van der Waals surface area contributed by atoms with Crippen LogP contribution in [0.1, 0.15) is 0 Å². The lowest BCUT2D eigenvalue weighted by atomic mass is 9.87. The van der Waals surface area contributed by atoms with Gasteiger partial charge in [0.1, 0.15) is 0 Å². The lowest BCUT2D eigenvalue weighted by molar-refractivity contribution is 1.29. The summed E-state index contributed by atoms with van der Waals surface area (Å²) in [5, 5.41) is 5.06. The van der Waals surface area contributed by atoms with Crippen LogP contribution < -0.4 is 4.90 Å². The topological polar surface area (TPSA) is 3.24 Å². The van der Waals surface area contributed by atoms with Gasteiger partial charge in [-0.3, -0.25) is 0 Å². The van der Waals surface area contributed by atoms with Crippen molar-refractivity contribution in [2.75, 3.05) is 4.90 Å². The summed E-state index contributed by atoms with van der Waals surface area (Å²) in [6.45, 7) is 0. The zero-order chi connectivity index (χ0) is 35.8. The fourth-order valence-electron chi connectivity index (χ4n) is 7.89. The van der Waals surface area contributed by atoms with Crippen LogP contribution in [-0.4, -0.2) is 0 Å². The maximum atomic E-state index is 2.44. The summed E-state index contributed by atoms with van der Waals surface area (Å²) in [6.07, 6.45) is 0. The Morgan fingerprint density at radius 3 is 1.70 bits per heavy atom. The van der Waals surface area contributed by atoms with E-state index in [0.717, 1.165) is 17.1 Å². The van der Waals surface area contributed by atoms with Crippen molar-refractivity contribution >= 4 is 59.3 Å². The summed E-state index contributed by atoms with van der Waals surface area (Å²) >= 11 is 1.86. The first-order valence-electron chi connectivity index (χ1n) is 18.4. The van der Waals surface area contributed by atoms with Gasteiger partial charge in [0.15, 0.2) is 0 Å². The highest BCUT2D eigenvalue weighted by Gasteiger charge is 2.23. The quantitative estimate of drug-likeness (QED) is 0.160. The van der Waals surface area contributed by atoms with Crippen LogP contribution in [-0.2, 0) is 0 Å². The number of anilines is 3. The van der Waals surface area contributed by atoms with Crippen LogP contribution >= 0.6 is 11.3 Å². The number of fused-ring (bicyclic) bond motifs is 4. The highest BCUT2D eigenvalue weighted by Crippen LogP contribution is 2.48. The van der Waals surface area contributed by atoms with Crippen LogP contribution in [0, 0.1) is 0 Å². The molecule has 1 heterocycles. The normalized spacial score (nSPS) is 11.3. The van der Waals surface area contributed by atoms with Crippen molar-refractivity contribution < 1.29 is 0 Å². The minimum Gasteiger partial charge on any atom is -0.310 e. The number of hydrogen-bond donors (Lipinski definition) is 0. The Labute approximate surface area is 319 Å². The third-order valence-corrected chi connectivity index (χ3v) is 11.6. The number of nitrogens with zero attached hydrogens (tertiary/aromatic N) is 1. The molecule has 54 heavy (non-hydrogen) atoms. The molecule has 0 saturated heterocycles. The summed E-state index contributed by atoms with van der Waals surface area (Å²) < 4.78 is 2.65. The lowest BCUT2D eigenvalue weighted by Gasteiger charge is -2.30. The predicted octanol–water partition coefficient (Wildman–Crippen LogP) is 15.3. The predicted molar refractivity (Wildman–Crippen MR) is 233 cm³/mol. The van der Waals surface area contributed by atoms with Gasteiger partial charge < -0.3 is 4.90 Å². The van der Waals surface area contributed by atoms with E-state index in [1.165, 1.54) is 75.5 Å². The van der Waals surface area contributed by atoms with E-state index < -0.39 is 0 Å². The van der Waals surface area contributed by atoms with Gasteiger partial charge in [-0.05, 0) is 98.2 Å². The number of rotatable bonds is 7. The summed E-state index contributed by atoms with van der Waals surface area (Å²) in [7, 11) is 0. The molecule has 0 aliphatic carbocycles. The average molecular weight is 706 g/mol. The van der Waals surface area contributed by atoms with Gasteiger partial charge in [-0.25, -0.2) is 0 Å². The van der Waals surface area contributed by atoms with Gasteiger partial charge in [0.25, 0.3) is 0 Å². The number of hydrogen-bond acceptors (Lipinski definition) is 2. The Morgan fingerprint density at radius 1 is 0.315 bits per heavy atom. The molecular weight excluding hydrogens is 671 g/mol.